The van der Waals surface area contributed by atoms with Gasteiger partial charge in [-0.05, 0) is 70.8 Å². The Balaban J connectivity index is 2.62. The van der Waals surface area contributed by atoms with Gasteiger partial charge in [0.2, 0.25) is 29.5 Å². The normalized spacial score (nSPS) is 28.8. The summed E-state index contributed by atoms with van der Waals surface area (Å²) in [6, 6.07) is 3.78. The van der Waals surface area contributed by atoms with E-state index in [9.17, 15) is 33.6 Å². The number of ether oxygens (including phenoxy) is 1. The monoisotopic (exact) mass is 824 g/mol. The highest BCUT2D eigenvalue weighted by molar-refractivity contribution is 5.96. The fraction of sp³-hybridized carbons (Fsp3) is 0.614. The van der Waals surface area contributed by atoms with Crippen molar-refractivity contribution in [1.29, 1.82) is 0 Å². The summed E-state index contributed by atoms with van der Waals surface area (Å²) in [5.41, 5.74) is 8.46. The van der Waals surface area contributed by atoms with Gasteiger partial charge in [0.05, 0.1) is 12.6 Å². The van der Waals surface area contributed by atoms with Crippen LogP contribution in [-0.2, 0) is 44.7 Å². The molecule has 0 radical (unpaired) electrons. The lowest BCUT2D eigenvalue weighted by atomic mass is 9.87. The third kappa shape index (κ3) is 14.9. The minimum Gasteiger partial charge on any atom is -0.449 e. The van der Waals surface area contributed by atoms with E-state index in [4.69, 9.17) is 10.5 Å². The highest BCUT2D eigenvalue weighted by Crippen LogP contribution is 2.20. The molecule has 0 aliphatic carbocycles. The Bertz CT molecular complexity index is 1700. The van der Waals surface area contributed by atoms with Gasteiger partial charge in [-0.3, -0.25) is 28.8 Å². The number of carbonyl (C=O) groups is 7. The molecule has 1 heterocycles. The SMILES string of the molecule is C/C=C(\C)[C@H]1NC(=O)[C@@H](C)NC(=O)[C@H](C(C)CC)NC(=O)CN(C)C(=O)[C@@H](Cc2ccccc2)N(C)C(=O)[C@H](C)NC(=O)[C@@H](CC(C)C)OC(=O)/C(C)=C/C[C@H](N)[C@@H]1C. The molecular weight excluding hydrogens is 755 g/mol. The van der Waals surface area contributed by atoms with Crippen molar-refractivity contribution >= 4 is 41.4 Å². The van der Waals surface area contributed by atoms with Crippen molar-refractivity contribution in [3.05, 3.63) is 59.2 Å². The van der Waals surface area contributed by atoms with Gasteiger partial charge < -0.3 is 41.5 Å². The number of benzene rings is 1. The Labute approximate surface area is 350 Å². The van der Waals surface area contributed by atoms with Crippen LogP contribution in [0.15, 0.2) is 53.6 Å². The summed E-state index contributed by atoms with van der Waals surface area (Å²) >= 11 is 0. The standard InChI is InChI=1S/C44H69N7O8/c1-13-26(5)37-29(8)33(45)21-20-28(7)44(58)59-35(22-25(3)4)40(54)47-31(10)42(56)51(12)34(23-32-18-16-15-17-19-32)43(57)50(11)24-36(52)48-38(27(6)14-2)41(55)46-30(9)39(53)49-37/h13,15-20,25,27,29-31,33-35,37-38H,14,21-24,45H2,1-12H3,(H,46,55)(H,47,54)(H,48,52)(H,49,53)/b26-13+,28-20+/t27?,29-,30+,31-,33-,34+,35+,37+,38-/m0/s1. The first-order chi connectivity index (χ1) is 27.6. The zero-order chi connectivity index (χ0) is 44.7. The Hall–Kier alpha value is -5.05. The Kier molecular flexibility index (Phi) is 20.0. The fourth-order valence-electron chi connectivity index (χ4n) is 6.73. The molecule has 15 heteroatoms. The van der Waals surface area contributed by atoms with Crippen molar-refractivity contribution in [3.63, 3.8) is 0 Å². The molecule has 1 aliphatic heterocycles. The molecule has 328 valence electrons. The van der Waals surface area contributed by atoms with Crippen LogP contribution < -0.4 is 27.0 Å². The number of nitrogens with two attached hydrogens (primary N) is 1. The van der Waals surface area contributed by atoms with E-state index in [2.05, 4.69) is 21.3 Å². The molecular formula is C44H69N7O8. The van der Waals surface area contributed by atoms with Gasteiger partial charge in [-0.15, -0.1) is 0 Å². The molecule has 0 fully saturated rings. The van der Waals surface area contributed by atoms with E-state index in [0.29, 0.717) is 6.42 Å². The molecule has 1 unspecified atom stereocenters. The van der Waals surface area contributed by atoms with E-state index in [1.165, 1.54) is 30.8 Å². The van der Waals surface area contributed by atoms with Crippen LogP contribution in [0, 0.1) is 17.8 Å². The van der Waals surface area contributed by atoms with E-state index < -0.39 is 90.3 Å². The maximum Gasteiger partial charge on any atom is 0.334 e. The lowest BCUT2D eigenvalue weighted by Gasteiger charge is -2.33. The van der Waals surface area contributed by atoms with Crippen molar-refractivity contribution < 1.29 is 38.3 Å². The van der Waals surface area contributed by atoms with Gasteiger partial charge in [-0.1, -0.05) is 89.1 Å². The molecule has 0 saturated carbocycles. The van der Waals surface area contributed by atoms with Crippen LogP contribution in [0.1, 0.15) is 94.1 Å². The smallest absolute Gasteiger partial charge is 0.334 e. The predicted molar refractivity (Wildman–Crippen MR) is 227 cm³/mol. The summed E-state index contributed by atoms with van der Waals surface area (Å²) in [4.78, 5) is 98.4. The van der Waals surface area contributed by atoms with Gasteiger partial charge in [0, 0.05) is 32.1 Å². The maximum atomic E-state index is 14.1. The summed E-state index contributed by atoms with van der Waals surface area (Å²) < 4.78 is 5.72. The number of allylic oxidation sites excluding steroid dienone is 1. The molecule has 2 rings (SSSR count). The summed E-state index contributed by atoms with van der Waals surface area (Å²) in [5.74, 6) is -4.89. The second-order valence-electron chi connectivity index (χ2n) is 16.4. The molecule has 1 aliphatic rings. The molecule has 1 aromatic rings. The van der Waals surface area contributed by atoms with Crippen molar-refractivity contribution in [2.24, 2.45) is 23.5 Å². The second kappa shape index (κ2) is 23.5. The van der Waals surface area contributed by atoms with Crippen LogP contribution in [0.2, 0.25) is 0 Å². The first-order valence-electron chi connectivity index (χ1n) is 20.6. The topological polar surface area (TPSA) is 209 Å². The van der Waals surface area contributed by atoms with E-state index in [0.717, 1.165) is 11.1 Å². The Morgan fingerprint density at radius 3 is 2.07 bits per heavy atom. The van der Waals surface area contributed by atoms with E-state index >= 15 is 0 Å². The predicted octanol–water partition coefficient (Wildman–Crippen LogP) is 2.78. The number of rotatable bonds is 7. The fourth-order valence-corrected chi connectivity index (χ4v) is 6.73. The number of hydrogen-bond acceptors (Lipinski definition) is 9. The number of nitrogens with zero attached hydrogens (tertiary/aromatic N) is 2. The number of nitrogens with one attached hydrogen (secondary N) is 4. The van der Waals surface area contributed by atoms with Crippen LogP contribution in [0.5, 0.6) is 0 Å². The molecule has 0 aromatic heterocycles. The highest BCUT2D eigenvalue weighted by atomic mass is 16.5. The number of hydrogen-bond donors (Lipinski definition) is 5. The van der Waals surface area contributed by atoms with Gasteiger partial charge in [0.1, 0.15) is 24.2 Å². The van der Waals surface area contributed by atoms with Gasteiger partial charge in [0.15, 0.2) is 6.10 Å². The molecule has 15 nitrogen and oxygen atoms in total. The summed E-state index contributed by atoms with van der Waals surface area (Å²) in [5, 5.41) is 11.2. The van der Waals surface area contributed by atoms with E-state index in [1.54, 1.807) is 39.0 Å². The van der Waals surface area contributed by atoms with Gasteiger partial charge in [-0.25, -0.2) is 4.79 Å². The number of likely N-dealkylation sites (N-methyl/N-ethyl adjacent to an activating group) is 2. The number of cyclic esters (lactones) is 1. The molecule has 9 atom stereocenters. The van der Waals surface area contributed by atoms with Crippen LogP contribution in [0.25, 0.3) is 0 Å². The molecule has 6 N–H and O–H groups in total. The second-order valence-corrected chi connectivity index (χ2v) is 16.4. The molecule has 6 amide bonds. The van der Waals surface area contributed by atoms with Gasteiger partial charge in [0.25, 0.3) is 5.91 Å². The van der Waals surface area contributed by atoms with Crippen LogP contribution in [0.4, 0.5) is 0 Å². The van der Waals surface area contributed by atoms with Crippen LogP contribution >= 0.6 is 0 Å². The maximum absolute atomic E-state index is 14.1. The van der Waals surface area contributed by atoms with Crippen LogP contribution in [-0.4, -0.2) is 114 Å². The molecule has 1 aromatic carbocycles. The first kappa shape index (κ1) is 50.1. The van der Waals surface area contributed by atoms with Crippen molar-refractivity contribution in [3.8, 4) is 0 Å². The van der Waals surface area contributed by atoms with Crippen molar-refractivity contribution in [2.45, 2.75) is 137 Å². The van der Waals surface area contributed by atoms with Gasteiger partial charge >= 0.3 is 5.97 Å². The zero-order valence-electron chi connectivity index (χ0n) is 37.1. The highest BCUT2D eigenvalue weighted by Gasteiger charge is 2.36. The van der Waals surface area contributed by atoms with Crippen molar-refractivity contribution in [1.82, 2.24) is 31.1 Å². The summed E-state index contributed by atoms with van der Waals surface area (Å²) in [7, 11) is 2.88. The Morgan fingerprint density at radius 2 is 1.49 bits per heavy atom. The van der Waals surface area contributed by atoms with Crippen molar-refractivity contribution in [2.75, 3.05) is 20.6 Å². The quantitative estimate of drug-likeness (QED) is 0.202. The minimum absolute atomic E-state index is 0.0507. The molecule has 0 saturated heterocycles. The minimum atomic E-state index is -1.22. The molecule has 0 bridgehead atoms. The molecule has 0 spiro atoms. The third-order valence-corrected chi connectivity index (χ3v) is 11.1. The lowest BCUT2D eigenvalue weighted by Crippen LogP contribution is -2.58. The average molecular weight is 824 g/mol. The van der Waals surface area contributed by atoms with Crippen LogP contribution in [0.3, 0.4) is 0 Å². The zero-order valence-corrected chi connectivity index (χ0v) is 37.1. The Morgan fingerprint density at radius 1 is 0.881 bits per heavy atom. The lowest BCUT2D eigenvalue weighted by molar-refractivity contribution is -0.154. The average Bonchev–Trinajstić information content (AvgIpc) is 3.20. The third-order valence-electron chi connectivity index (χ3n) is 11.1. The number of amides is 6. The number of carbonyl (C=O) groups excluding carboxylic acids is 7. The largest absolute Gasteiger partial charge is 0.449 e. The van der Waals surface area contributed by atoms with E-state index in [-0.39, 0.29) is 42.6 Å². The number of esters is 1. The van der Waals surface area contributed by atoms with Gasteiger partial charge in [-0.2, -0.15) is 0 Å². The molecule has 59 heavy (non-hydrogen) atoms. The van der Waals surface area contributed by atoms with E-state index in [1.807, 2.05) is 65.8 Å². The first-order valence-corrected chi connectivity index (χ1v) is 20.6. The summed E-state index contributed by atoms with van der Waals surface area (Å²) in [6.07, 6.45) is 3.32. The summed E-state index contributed by atoms with van der Waals surface area (Å²) in [6.45, 7) is 17.2.